The van der Waals surface area contributed by atoms with E-state index in [1.807, 2.05) is 0 Å². The highest BCUT2D eigenvalue weighted by Gasteiger charge is 2.68. The van der Waals surface area contributed by atoms with Crippen molar-refractivity contribution in [3.05, 3.63) is 57.7 Å². The van der Waals surface area contributed by atoms with Crippen molar-refractivity contribution in [3.8, 4) is 11.5 Å². The van der Waals surface area contributed by atoms with Gasteiger partial charge < -0.3 is 49.6 Å². The SMILES string of the molecule is CC(=O)c1c(C)cc2cc(C(=O)O)cc(OC3OC(CO)C4(CC5C6=C(CC=C6C6(CCO)COCC7CC8(CCC9(CCCC9)C8)CC5C76)CO4)C(O)C3O)c2c1O. The first-order valence-electron chi connectivity index (χ1n) is 21.9. The normalized spacial score (nSPS) is 39.4. The number of hydrogen-bond donors (Lipinski definition) is 6. The number of carbonyl (C=O) groups excluding carboxylic acids is 1. The summed E-state index contributed by atoms with van der Waals surface area (Å²) in [5.41, 5.74) is 2.68. The first kappa shape index (κ1) is 39.8. The summed E-state index contributed by atoms with van der Waals surface area (Å²) in [7, 11) is 0. The molecule has 0 aromatic heterocycles. The monoisotopic (exact) mass is 814 g/mol. The van der Waals surface area contributed by atoms with Gasteiger partial charge >= 0.3 is 5.97 Å². The molecule has 3 aliphatic heterocycles. The van der Waals surface area contributed by atoms with Crippen molar-refractivity contribution in [2.75, 3.05) is 33.0 Å². The van der Waals surface area contributed by atoms with Crippen LogP contribution in [0.2, 0.25) is 0 Å². The molecule has 4 saturated carbocycles. The van der Waals surface area contributed by atoms with E-state index in [-0.39, 0.29) is 64.1 Å². The maximum absolute atomic E-state index is 12.6. The summed E-state index contributed by atoms with van der Waals surface area (Å²) in [4.78, 5) is 24.9. The number of carbonyl (C=O) groups is 2. The van der Waals surface area contributed by atoms with Gasteiger partial charge in [-0.1, -0.05) is 25.0 Å². The Morgan fingerprint density at radius 3 is 2.51 bits per heavy atom. The van der Waals surface area contributed by atoms with Gasteiger partial charge in [0, 0.05) is 18.6 Å². The Kier molecular flexibility index (Phi) is 9.49. The zero-order valence-electron chi connectivity index (χ0n) is 34.1. The number of phenolic OH excluding ortho intramolecular Hbond substituents is 1. The third-order valence-corrected chi connectivity index (χ3v) is 16.8. The Bertz CT molecular complexity index is 2140. The summed E-state index contributed by atoms with van der Waals surface area (Å²) in [6.45, 7) is 3.88. The first-order chi connectivity index (χ1) is 28.3. The Labute approximate surface area is 344 Å². The third-order valence-electron chi connectivity index (χ3n) is 16.8. The Morgan fingerprint density at radius 2 is 1.78 bits per heavy atom. The summed E-state index contributed by atoms with van der Waals surface area (Å²) in [5, 5.41) is 68.1. The van der Waals surface area contributed by atoms with Gasteiger partial charge in [-0.2, -0.15) is 0 Å². The third kappa shape index (κ3) is 5.79. The Balaban J connectivity index is 1.03. The number of hydrogen-bond acceptors (Lipinski definition) is 11. The average molecular weight is 815 g/mol. The molecule has 8 aliphatic rings. The van der Waals surface area contributed by atoms with Crippen molar-refractivity contribution < 1.29 is 59.2 Å². The van der Waals surface area contributed by atoms with Crippen LogP contribution in [0.4, 0.5) is 0 Å². The molecule has 6 fully saturated rings. The van der Waals surface area contributed by atoms with Crippen molar-refractivity contribution in [2.45, 2.75) is 121 Å². The smallest absolute Gasteiger partial charge is 0.335 e. The van der Waals surface area contributed by atoms with Crippen LogP contribution >= 0.6 is 0 Å². The number of carboxylic acid groups (broad SMARTS) is 1. The number of rotatable bonds is 7. The maximum atomic E-state index is 12.6. The van der Waals surface area contributed by atoms with Crippen LogP contribution in [0.5, 0.6) is 11.5 Å². The molecule has 0 amide bonds. The van der Waals surface area contributed by atoms with Gasteiger partial charge in [0.15, 0.2) is 5.78 Å². The quantitative estimate of drug-likeness (QED) is 0.186. The predicted molar refractivity (Wildman–Crippen MR) is 214 cm³/mol. The van der Waals surface area contributed by atoms with Gasteiger partial charge in [-0.25, -0.2) is 4.79 Å². The van der Waals surface area contributed by atoms with E-state index in [4.69, 9.17) is 18.9 Å². The fourth-order valence-electron chi connectivity index (χ4n) is 14.8. The number of aryl methyl sites for hydroxylation is 1. The minimum atomic E-state index is -1.72. The molecule has 5 aliphatic carbocycles. The minimum absolute atomic E-state index is 0.0475. The fraction of sp³-hybridized carbons (Fsp3) is 0.660. The summed E-state index contributed by atoms with van der Waals surface area (Å²) >= 11 is 0. The highest BCUT2D eigenvalue weighted by Crippen LogP contribution is 2.72. The first-order valence-corrected chi connectivity index (χ1v) is 21.9. The van der Waals surface area contributed by atoms with Crippen LogP contribution in [0.3, 0.4) is 0 Å². The largest absolute Gasteiger partial charge is 0.506 e. The molecule has 0 radical (unpaired) electrons. The zero-order valence-corrected chi connectivity index (χ0v) is 34.1. The lowest BCUT2D eigenvalue weighted by molar-refractivity contribution is -0.326. The Morgan fingerprint density at radius 1 is 1.00 bits per heavy atom. The van der Waals surface area contributed by atoms with Crippen molar-refractivity contribution in [3.63, 3.8) is 0 Å². The molecule has 11 unspecified atom stereocenters. The van der Waals surface area contributed by atoms with Crippen molar-refractivity contribution in [1.29, 1.82) is 0 Å². The van der Waals surface area contributed by atoms with E-state index in [0.717, 1.165) is 18.4 Å². The molecule has 2 aromatic rings. The van der Waals surface area contributed by atoms with E-state index in [1.165, 1.54) is 75.1 Å². The summed E-state index contributed by atoms with van der Waals surface area (Å²) < 4.78 is 26.1. The van der Waals surface area contributed by atoms with Gasteiger partial charge in [0.25, 0.3) is 0 Å². The van der Waals surface area contributed by atoms with Crippen LogP contribution in [0.25, 0.3) is 10.8 Å². The van der Waals surface area contributed by atoms with E-state index in [1.54, 1.807) is 13.0 Å². The number of aliphatic hydroxyl groups excluding tert-OH is 4. The van der Waals surface area contributed by atoms with Crippen LogP contribution in [-0.4, -0.2) is 106 Å². The van der Waals surface area contributed by atoms with E-state index in [2.05, 4.69) is 6.08 Å². The van der Waals surface area contributed by atoms with Gasteiger partial charge in [0.1, 0.15) is 35.4 Å². The predicted octanol–water partition coefficient (Wildman–Crippen LogP) is 5.76. The minimum Gasteiger partial charge on any atom is -0.506 e. The molecule has 11 atom stereocenters. The van der Waals surface area contributed by atoms with E-state index < -0.39 is 54.3 Å². The molecule has 12 nitrogen and oxygen atoms in total. The number of fused-ring (bicyclic) bond motifs is 3. The second kappa shape index (κ2) is 14.1. The van der Waals surface area contributed by atoms with Crippen LogP contribution < -0.4 is 4.74 Å². The van der Waals surface area contributed by atoms with Gasteiger partial charge in [0.05, 0.1) is 36.3 Å². The van der Waals surface area contributed by atoms with E-state index in [0.29, 0.717) is 54.8 Å². The molecule has 12 heteroatoms. The van der Waals surface area contributed by atoms with Gasteiger partial charge in [0.2, 0.25) is 6.29 Å². The van der Waals surface area contributed by atoms with E-state index >= 15 is 0 Å². The van der Waals surface area contributed by atoms with Crippen LogP contribution in [-0.2, 0) is 14.2 Å². The number of phenols is 1. The molecule has 59 heavy (non-hydrogen) atoms. The molecule has 10 rings (SSSR count). The molecule has 3 spiro atoms. The number of Topliss-reactive ketones (excluding diaryl/α,β-unsaturated/α-hetero) is 1. The molecule has 2 aromatic carbocycles. The van der Waals surface area contributed by atoms with Crippen molar-refractivity contribution in [2.24, 2.45) is 39.9 Å². The van der Waals surface area contributed by atoms with Crippen LogP contribution in [0.15, 0.2) is 41.0 Å². The Hall–Kier alpha value is -3.36. The van der Waals surface area contributed by atoms with Gasteiger partial charge in [-0.3, -0.25) is 4.79 Å². The lowest BCUT2D eigenvalue weighted by atomic mass is 9.43. The second-order valence-corrected chi connectivity index (χ2v) is 19.9. The van der Waals surface area contributed by atoms with Crippen molar-refractivity contribution in [1.82, 2.24) is 0 Å². The lowest BCUT2D eigenvalue weighted by Crippen LogP contribution is -2.70. The maximum Gasteiger partial charge on any atom is 0.335 e. The van der Waals surface area contributed by atoms with Gasteiger partial charge in [-0.15, -0.1) is 0 Å². The number of ether oxygens (including phenoxy) is 4. The standard InChI is InChI=1S/C47H58O12/c1-24-13-27-14-28(42(54)55)15-33(37(27)39(51)35(24)25(2)50)58-43-40(52)41(53)47(34(19-49)59-43)18-30-31-17-45(10-9-44(22-45)7-3-4-8-44)16-29-20-56-23-46(11-12-48,38(29)31)32-6-5-26(21-57-47)36(30)32/h6,13-15,29-31,34,38,40-41,43,48-49,51-53H,3-5,7-12,16-23H2,1-2H3,(H,54,55). The number of benzene rings is 2. The number of carboxylic acids is 1. The topological polar surface area (TPSA) is 192 Å². The molecule has 318 valence electrons. The molecule has 2 saturated heterocycles. The van der Waals surface area contributed by atoms with Crippen LogP contribution in [0.1, 0.15) is 110 Å². The number of allylic oxidation sites excluding steroid dienone is 2. The second-order valence-electron chi connectivity index (χ2n) is 19.9. The molecule has 6 N–H and O–H groups in total. The number of ketones is 1. The van der Waals surface area contributed by atoms with Crippen molar-refractivity contribution >= 4 is 22.5 Å². The average Bonchev–Trinajstić information content (AvgIpc) is 3.91. The van der Waals surface area contributed by atoms with Gasteiger partial charge in [-0.05, 0) is 152 Å². The fourth-order valence-corrected chi connectivity index (χ4v) is 14.8. The lowest BCUT2D eigenvalue weighted by Gasteiger charge is -2.64. The van der Waals surface area contributed by atoms with Crippen LogP contribution in [0, 0.1) is 46.8 Å². The summed E-state index contributed by atoms with van der Waals surface area (Å²) in [6, 6.07) is 4.15. The number of aromatic hydroxyl groups is 1. The number of aromatic carboxylic acids is 1. The molecular weight excluding hydrogens is 757 g/mol. The summed E-state index contributed by atoms with van der Waals surface area (Å²) in [5.74, 6) is -1.51. The van der Waals surface area contributed by atoms with E-state index in [9.17, 15) is 40.2 Å². The number of aliphatic hydroxyl groups is 4. The highest BCUT2D eigenvalue weighted by atomic mass is 16.7. The highest BCUT2D eigenvalue weighted by molar-refractivity contribution is 6.08. The molecule has 3 heterocycles. The molecular formula is C47H58O12. The zero-order chi connectivity index (χ0) is 41.2. The summed E-state index contributed by atoms with van der Waals surface area (Å²) in [6.07, 6.45) is 8.92. The molecule has 0 bridgehead atoms.